The van der Waals surface area contributed by atoms with Crippen LogP contribution in [0, 0.1) is 13.8 Å². The smallest absolute Gasteiger partial charge is 0.245 e. The van der Waals surface area contributed by atoms with Crippen molar-refractivity contribution in [3.8, 4) is 5.82 Å². The molecular formula is C13H15ClN4O2. The van der Waals surface area contributed by atoms with Crippen LogP contribution in [0.5, 0.6) is 0 Å². The second-order valence-electron chi connectivity index (χ2n) is 4.49. The molecule has 2 heterocycles. The minimum atomic E-state index is -0.450. The number of hydrogen-bond donors (Lipinski definition) is 0. The van der Waals surface area contributed by atoms with Crippen LogP contribution in [0.1, 0.15) is 11.3 Å². The summed E-state index contributed by atoms with van der Waals surface area (Å²) in [5, 5.41) is 0.502. The number of allylic oxidation sites excluding steroid dienone is 1. The van der Waals surface area contributed by atoms with E-state index in [0.717, 1.165) is 4.57 Å². The van der Waals surface area contributed by atoms with Crippen LogP contribution in [-0.2, 0) is 13.6 Å². The number of hydrogen-bond acceptors (Lipinski definition) is 3. The van der Waals surface area contributed by atoms with Crippen molar-refractivity contribution in [1.82, 2.24) is 18.9 Å². The van der Waals surface area contributed by atoms with Crippen LogP contribution in [0.2, 0.25) is 5.02 Å². The largest absolute Gasteiger partial charge is 0.353 e. The highest BCUT2D eigenvalue weighted by atomic mass is 35.5. The lowest BCUT2D eigenvalue weighted by Gasteiger charge is -2.06. The standard InChI is InChI=1S/C13H15ClN4O2/c1-5-6-17-13(20)18(12(19)16(17)4)11-8(2)7-10(14)9(3)15-11/h5,7H,1,6H2,2-4H3. The van der Waals surface area contributed by atoms with Gasteiger partial charge in [0.25, 0.3) is 0 Å². The van der Waals surface area contributed by atoms with Gasteiger partial charge >= 0.3 is 11.4 Å². The van der Waals surface area contributed by atoms with Gasteiger partial charge in [-0.15, -0.1) is 6.58 Å². The van der Waals surface area contributed by atoms with Crippen LogP contribution < -0.4 is 11.4 Å². The van der Waals surface area contributed by atoms with Crippen molar-refractivity contribution in [1.29, 1.82) is 0 Å². The summed E-state index contributed by atoms with van der Waals surface area (Å²) in [6.45, 7) is 7.31. The highest BCUT2D eigenvalue weighted by Gasteiger charge is 2.17. The summed E-state index contributed by atoms with van der Waals surface area (Å²) in [6, 6.07) is 1.69. The summed E-state index contributed by atoms with van der Waals surface area (Å²) < 4.78 is 3.58. The molecule has 0 unspecified atom stereocenters. The fourth-order valence-electron chi connectivity index (χ4n) is 1.96. The third-order valence-corrected chi connectivity index (χ3v) is 3.45. The molecule has 6 nitrogen and oxygen atoms in total. The third kappa shape index (κ3) is 2.12. The SMILES string of the molecule is C=CCn1c(=O)n(-c2nc(C)c(Cl)cc2C)c(=O)n1C. The Hall–Kier alpha value is -2.08. The van der Waals surface area contributed by atoms with Crippen molar-refractivity contribution in [2.24, 2.45) is 7.05 Å². The van der Waals surface area contributed by atoms with E-state index in [4.69, 9.17) is 11.6 Å². The fourth-order valence-corrected chi connectivity index (χ4v) is 2.17. The quantitative estimate of drug-likeness (QED) is 0.799. The zero-order valence-corrected chi connectivity index (χ0v) is 12.3. The average Bonchev–Trinajstić information content (AvgIpc) is 2.59. The average molecular weight is 295 g/mol. The Kier molecular flexibility index (Phi) is 3.67. The molecule has 0 atom stereocenters. The maximum atomic E-state index is 12.3. The number of aryl methyl sites for hydroxylation is 2. The van der Waals surface area contributed by atoms with Crippen LogP contribution in [0.25, 0.3) is 5.82 Å². The zero-order valence-electron chi connectivity index (χ0n) is 11.6. The van der Waals surface area contributed by atoms with E-state index in [1.807, 2.05) is 0 Å². The van der Waals surface area contributed by atoms with E-state index in [-0.39, 0.29) is 6.54 Å². The molecule has 0 N–H and O–H groups in total. The van der Waals surface area contributed by atoms with E-state index >= 15 is 0 Å². The molecular weight excluding hydrogens is 280 g/mol. The minimum Gasteiger partial charge on any atom is -0.245 e. The summed E-state index contributed by atoms with van der Waals surface area (Å²) in [5.74, 6) is 0.306. The van der Waals surface area contributed by atoms with Crippen LogP contribution in [0.15, 0.2) is 28.3 Å². The monoisotopic (exact) mass is 294 g/mol. The van der Waals surface area contributed by atoms with E-state index < -0.39 is 11.4 Å². The van der Waals surface area contributed by atoms with Gasteiger partial charge in [0.05, 0.1) is 17.3 Å². The molecule has 2 aromatic rings. The van der Waals surface area contributed by atoms with Crippen LogP contribution >= 0.6 is 11.6 Å². The summed E-state index contributed by atoms with van der Waals surface area (Å²) in [7, 11) is 1.53. The molecule has 0 aliphatic heterocycles. The van der Waals surface area contributed by atoms with E-state index in [1.165, 1.54) is 16.4 Å². The molecule has 2 rings (SSSR count). The summed E-state index contributed by atoms with van der Waals surface area (Å²) in [4.78, 5) is 28.8. The fraction of sp³-hybridized carbons (Fsp3) is 0.308. The van der Waals surface area contributed by atoms with Gasteiger partial charge in [-0.25, -0.2) is 23.9 Å². The van der Waals surface area contributed by atoms with Crippen molar-refractivity contribution >= 4 is 11.6 Å². The van der Waals surface area contributed by atoms with Crippen molar-refractivity contribution in [3.63, 3.8) is 0 Å². The van der Waals surface area contributed by atoms with Gasteiger partial charge in [-0.2, -0.15) is 4.57 Å². The molecule has 0 aromatic carbocycles. The minimum absolute atomic E-state index is 0.253. The summed E-state index contributed by atoms with van der Waals surface area (Å²) >= 11 is 5.99. The van der Waals surface area contributed by atoms with Gasteiger partial charge < -0.3 is 0 Å². The van der Waals surface area contributed by atoms with Crippen molar-refractivity contribution in [3.05, 3.63) is 56.0 Å². The van der Waals surface area contributed by atoms with Crippen molar-refractivity contribution in [2.45, 2.75) is 20.4 Å². The molecule has 0 aliphatic carbocycles. The number of pyridine rings is 1. The maximum absolute atomic E-state index is 12.3. The summed E-state index contributed by atoms with van der Waals surface area (Å²) in [6.07, 6.45) is 1.55. The second-order valence-corrected chi connectivity index (χ2v) is 4.90. The molecule has 20 heavy (non-hydrogen) atoms. The van der Waals surface area contributed by atoms with Crippen LogP contribution in [0.4, 0.5) is 0 Å². The van der Waals surface area contributed by atoms with Crippen molar-refractivity contribution < 1.29 is 0 Å². The Balaban J connectivity index is 2.81. The molecule has 0 saturated carbocycles. The number of nitrogens with zero attached hydrogens (tertiary/aromatic N) is 4. The first-order valence-electron chi connectivity index (χ1n) is 6.02. The van der Waals surface area contributed by atoms with Gasteiger partial charge in [0.15, 0.2) is 0 Å². The number of halogens is 1. The lowest BCUT2D eigenvalue weighted by atomic mass is 10.2. The molecule has 2 aromatic heterocycles. The molecule has 0 spiro atoms. The molecule has 7 heteroatoms. The number of aromatic nitrogens is 4. The third-order valence-electron chi connectivity index (χ3n) is 3.07. The topological polar surface area (TPSA) is 61.8 Å². The molecule has 0 amide bonds. The first kappa shape index (κ1) is 14.3. The second kappa shape index (κ2) is 5.13. The molecule has 0 fully saturated rings. The zero-order chi connectivity index (χ0) is 15.0. The Labute approximate surface area is 120 Å². The predicted molar refractivity (Wildman–Crippen MR) is 77.7 cm³/mol. The van der Waals surface area contributed by atoms with Gasteiger partial charge in [-0.1, -0.05) is 17.7 Å². The predicted octanol–water partition coefficient (Wildman–Crippen LogP) is 1.19. The Bertz CT molecular complexity index is 798. The van der Waals surface area contributed by atoms with Crippen LogP contribution in [0.3, 0.4) is 0 Å². The van der Waals surface area contributed by atoms with E-state index in [9.17, 15) is 9.59 Å². The van der Waals surface area contributed by atoms with Crippen molar-refractivity contribution in [2.75, 3.05) is 0 Å². The highest BCUT2D eigenvalue weighted by molar-refractivity contribution is 6.31. The van der Waals surface area contributed by atoms with Gasteiger partial charge in [0, 0.05) is 7.05 Å². The Morgan fingerprint density at radius 3 is 2.60 bits per heavy atom. The van der Waals surface area contributed by atoms with Crippen LogP contribution in [-0.4, -0.2) is 18.9 Å². The number of rotatable bonds is 3. The molecule has 106 valence electrons. The lowest BCUT2D eigenvalue weighted by Crippen LogP contribution is -2.29. The van der Waals surface area contributed by atoms with Gasteiger partial charge in [-0.05, 0) is 25.5 Å². The lowest BCUT2D eigenvalue weighted by molar-refractivity contribution is 0.531. The summed E-state index contributed by atoms with van der Waals surface area (Å²) in [5.41, 5.74) is 0.331. The Morgan fingerprint density at radius 1 is 1.35 bits per heavy atom. The van der Waals surface area contributed by atoms with E-state index in [1.54, 1.807) is 26.0 Å². The van der Waals surface area contributed by atoms with E-state index in [0.29, 0.717) is 22.1 Å². The van der Waals surface area contributed by atoms with Gasteiger partial charge in [0.1, 0.15) is 5.82 Å². The Morgan fingerprint density at radius 2 is 2.00 bits per heavy atom. The first-order chi connectivity index (χ1) is 9.38. The van der Waals surface area contributed by atoms with E-state index in [2.05, 4.69) is 11.6 Å². The normalized spacial score (nSPS) is 10.8. The molecule has 0 radical (unpaired) electrons. The van der Waals surface area contributed by atoms with Gasteiger partial charge in [-0.3, -0.25) is 0 Å². The first-order valence-corrected chi connectivity index (χ1v) is 6.40. The highest BCUT2D eigenvalue weighted by Crippen LogP contribution is 2.18. The molecule has 0 aliphatic rings. The molecule has 0 bridgehead atoms. The maximum Gasteiger partial charge on any atom is 0.353 e. The van der Waals surface area contributed by atoms with Gasteiger partial charge in [0.2, 0.25) is 0 Å². The molecule has 0 saturated heterocycles.